The molecule has 176 valence electrons. The molecule has 2 heterocycles. The van der Waals surface area contributed by atoms with Crippen LogP contribution in [-0.2, 0) is 19.6 Å². The van der Waals surface area contributed by atoms with Crippen LogP contribution in [0.25, 0.3) is 0 Å². The minimum absolute atomic E-state index is 0.126. The van der Waals surface area contributed by atoms with Gasteiger partial charge in [0.25, 0.3) is 5.91 Å². The van der Waals surface area contributed by atoms with Crippen LogP contribution >= 0.6 is 0 Å². The Morgan fingerprint density at radius 1 is 1.03 bits per heavy atom. The third-order valence-electron chi connectivity index (χ3n) is 5.55. The zero-order valence-corrected chi connectivity index (χ0v) is 19.3. The summed E-state index contributed by atoms with van der Waals surface area (Å²) in [6, 6.07) is 10.5. The Morgan fingerprint density at radius 2 is 1.70 bits per heavy atom. The molecule has 0 aliphatic carbocycles. The van der Waals surface area contributed by atoms with Gasteiger partial charge in [-0.3, -0.25) is 4.79 Å². The molecule has 1 fully saturated rings. The van der Waals surface area contributed by atoms with E-state index < -0.39 is 28.5 Å². The molecule has 0 bridgehead atoms. The van der Waals surface area contributed by atoms with Gasteiger partial charge in [-0.15, -0.1) is 0 Å². The average molecular weight is 475 g/mol. The predicted molar refractivity (Wildman–Crippen MR) is 120 cm³/mol. The highest BCUT2D eigenvalue weighted by Crippen LogP contribution is 2.34. The quantitative estimate of drug-likeness (QED) is 0.641. The Kier molecular flexibility index (Phi) is 6.57. The molecule has 0 unspecified atom stereocenters. The number of sulfonamides is 1. The minimum Gasteiger partial charge on any atom is -0.454 e. The van der Waals surface area contributed by atoms with E-state index in [0.29, 0.717) is 42.1 Å². The third-order valence-corrected chi connectivity index (χ3v) is 7.40. The molecule has 2 aromatic rings. The Balaban J connectivity index is 1.33. The zero-order chi connectivity index (χ0) is 23.6. The molecule has 2 aliphatic heterocycles. The van der Waals surface area contributed by atoms with Crippen molar-refractivity contribution in [3.8, 4) is 11.5 Å². The number of carbonyl (C=O) groups excluding carboxylic acids is 2. The topological polar surface area (TPSA) is 111 Å². The molecule has 2 aliphatic rings. The summed E-state index contributed by atoms with van der Waals surface area (Å²) in [7, 11) is -3.64. The zero-order valence-electron chi connectivity index (χ0n) is 18.4. The molecular weight excluding hydrogens is 448 g/mol. The van der Waals surface area contributed by atoms with E-state index in [-0.39, 0.29) is 17.3 Å². The van der Waals surface area contributed by atoms with Crippen LogP contribution in [-0.4, -0.2) is 51.1 Å². The van der Waals surface area contributed by atoms with E-state index >= 15 is 0 Å². The van der Waals surface area contributed by atoms with E-state index in [9.17, 15) is 18.0 Å². The van der Waals surface area contributed by atoms with Crippen molar-refractivity contribution in [3.05, 3.63) is 48.0 Å². The van der Waals surface area contributed by atoms with E-state index in [2.05, 4.69) is 5.32 Å². The van der Waals surface area contributed by atoms with Gasteiger partial charge in [0.15, 0.2) is 18.1 Å². The molecule has 1 N–H and O–H groups in total. The van der Waals surface area contributed by atoms with E-state index in [1.165, 1.54) is 28.6 Å². The summed E-state index contributed by atoms with van der Waals surface area (Å²) < 4.78 is 42.9. The van der Waals surface area contributed by atoms with Crippen LogP contribution in [0, 0.1) is 11.8 Å². The van der Waals surface area contributed by atoms with Gasteiger partial charge in [0.1, 0.15) is 0 Å². The van der Waals surface area contributed by atoms with Gasteiger partial charge in [-0.2, -0.15) is 4.31 Å². The lowest BCUT2D eigenvalue weighted by atomic mass is 9.94. The molecule has 1 saturated heterocycles. The predicted octanol–water partition coefficient (Wildman–Crippen LogP) is 2.88. The normalized spacial score (nSPS) is 20.3. The van der Waals surface area contributed by atoms with Gasteiger partial charge < -0.3 is 19.5 Å². The Labute approximate surface area is 192 Å². The van der Waals surface area contributed by atoms with Crippen LogP contribution in [0.4, 0.5) is 5.69 Å². The van der Waals surface area contributed by atoms with Gasteiger partial charge in [-0.25, -0.2) is 13.2 Å². The smallest absolute Gasteiger partial charge is 0.338 e. The lowest BCUT2D eigenvalue weighted by Gasteiger charge is -2.34. The molecule has 0 aromatic heterocycles. The highest BCUT2D eigenvalue weighted by molar-refractivity contribution is 7.89. The molecule has 4 rings (SSSR count). The second-order valence-corrected chi connectivity index (χ2v) is 10.4. The maximum absolute atomic E-state index is 13.0. The summed E-state index contributed by atoms with van der Waals surface area (Å²) in [6.07, 6.45) is 0.999. The first kappa shape index (κ1) is 23.1. The number of hydrogen-bond acceptors (Lipinski definition) is 7. The van der Waals surface area contributed by atoms with E-state index in [1.807, 2.05) is 13.8 Å². The Morgan fingerprint density at radius 3 is 2.39 bits per heavy atom. The second kappa shape index (κ2) is 9.40. The summed E-state index contributed by atoms with van der Waals surface area (Å²) in [4.78, 5) is 24.5. The van der Waals surface area contributed by atoms with Gasteiger partial charge >= 0.3 is 5.97 Å². The molecule has 33 heavy (non-hydrogen) atoms. The number of hydrogen-bond donors (Lipinski definition) is 1. The van der Waals surface area contributed by atoms with Crippen LogP contribution in [0.3, 0.4) is 0 Å². The van der Waals surface area contributed by atoms with Gasteiger partial charge in [0.2, 0.25) is 16.8 Å². The fraction of sp³-hybridized carbons (Fsp3) is 0.391. The maximum Gasteiger partial charge on any atom is 0.338 e. The van der Waals surface area contributed by atoms with Gasteiger partial charge in [-0.05, 0) is 54.7 Å². The van der Waals surface area contributed by atoms with Crippen molar-refractivity contribution < 1.29 is 32.2 Å². The SMILES string of the molecule is C[C@@H]1C[C@H](C)CN(S(=O)(=O)c2ccc(C(=O)OCC(=O)Nc3ccc4c(c3)OCO4)cc2)C1. The minimum atomic E-state index is -3.64. The van der Waals surface area contributed by atoms with Crippen LogP contribution in [0.5, 0.6) is 11.5 Å². The van der Waals surface area contributed by atoms with Crippen LogP contribution < -0.4 is 14.8 Å². The van der Waals surface area contributed by atoms with Gasteiger partial charge in [-0.1, -0.05) is 13.8 Å². The largest absolute Gasteiger partial charge is 0.454 e. The molecule has 10 heteroatoms. The van der Waals surface area contributed by atoms with Crippen molar-refractivity contribution in [2.24, 2.45) is 11.8 Å². The molecule has 0 spiro atoms. The number of carbonyl (C=O) groups is 2. The second-order valence-electron chi connectivity index (χ2n) is 8.48. The van der Waals surface area contributed by atoms with Crippen molar-refractivity contribution in [2.45, 2.75) is 25.2 Å². The van der Waals surface area contributed by atoms with Gasteiger partial charge in [0.05, 0.1) is 10.5 Å². The van der Waals surface area contributed by atoms with Crippen molar-refractivity contribution in [1.82, 2.24) is 4.31 Å². The van der Waals surface area contributed by atoms with Gasteiger partial charge in [0, 0.05) is 24.8 Å². The summed E-state index contributed by atoms with van der Waals surface area (Å²) in [5, 5.41) is 2.61. The molecule has 9 nitrogen and oxygen atoms in total. The number of piperidine rings is 1. The fourth-order valence-electron chi connectivity index (χ4n) is 4.10. The number of nitrogens with one attached hydrogen (secondary N) is 1. The molecular formula is C23H26N2O7S. The third kappa shape index (κ3) is 5.28. The average Bonchev–Trinajstić information content (AvgIpc) is 3.25. The van der Waals surface area contributed by atoms with Crippen molar-refractivity contribution in [1.29, 1.82) is 0 Å². The van der Waals surface area contributed by atoms with Crippen LogP contribution in [0.1, 0.15) is 30.6 Å². The van der Waals surface area contributed by atoms with Crippen molar-refractivity contribution in [2.75, 3.05) is 31.8 Å². The van der Waals surface area contributed by atoms with E-state index in [4.69, 9.17) is 14.2 Å². The summed E-state index contributed by atoms with van der Waals surface area (Å²) >= 11 is 0. The number of rotatable bonds is 6. The first-order valence-corrected chi connectivity index (χ1v) is 12.1. The number of anilines is 1. The van der Waals surface area contributed by atoms with Crippen molar-refractivity contribution in [3.63, 3.8) is 0 Å². The first-order valence-electron chi connectivity index (χ1n) is 10.7. The lowest BCUT2D eigenvalue weighted by Crippen LogP contribution is -2.42. The number of fused-ring (bicyclic) bond motifs is 1. The van der Waals surface area contributed by atoms with Crippen molar-refractivity contribution >= 4 is 27.6 Å². The molecule has 2 aromatic carbocycles. The Bertz CT molecular complexity index is 1140. The summed E-state index contributed by atoms with van der Waals surface area (Å²) in [6.45, 7) is 4.68. The number of esters is 1. The summed E-state index contributed by atoms with van der Waals surface area (Å²) in [5.41, 5.74) is 0.640. The van der Waals surface area contributed by atoms with Crippen LogP contribution in [0.2, 0.25) is 0 Å². The Hall–Kier alpha value is -3.11. The maximum atomic E-state index is 13.0. The first-order chi connectivity index (χ1) is 15.7. The highest BCUT2D eigenvalue weighted by atomic mass is 32.2. The number of ether oxygens (including phenoxy) is 3. The molecule has 0 saturated carbocycles. The molecule has 0 radical (unpaired) electrons. The molecule has 1 amide bonds. The highest BCUT2D eigenvalue weighted by Gasteiger charge is 2.31. The lowest BCUT2D eigenvalue weighted by molar-refractivity contribution is -0.119. The number of amides is 1. The summed E-state index contributed by atoms with van der Waals surface area (Å²) in [5.74, 6) is 0.459. The fourth-order valence-corrected chi connectivity index (χ4v) is 5.78. The number of benzene rings is 2. The standard InChI is InChI=1S/C23H26N2O7S/c1-15-9-16(2)12-25(11-15)33(28,29)19-6-3-17(4-7-19)23(27)30-13-22(26)24-18-5-8-20-21(10-18)32-14-31-20/h3-8,10,15-16H,9,11-14H2,1-2H3,(H,24,26)/t15-,16+. The number of nitrogens with zero attached hydrogens (tertiary/aromatic N) is 1. The van der Waals surface area contributed by atoms with E-state index in [1.54, 1.807) is 18.2 Å². The monoisotopic (exact) mass is 474 g/mol. The molecule has 2 atom stereocenters. The van der Waals surface area contributed by atoms with Crippen LogP contribution in [0.15, 0.2) is 47.4 Å². The van der Waals surface area contributed by atoms with E-state index in [0.717, 1.165) is 6.42 Å².